The van der Waals surface area contributed by atoms with Crippen molar-refractivity contribution < 1.29 is 4.79 Å². The molecule has 0 saturated carbocycles. The van der Waals surface area contributed by atoms with Crippen LogP contribution in [0.5, 0.6) is 0 Å². The predicted octanol–water partition coefficient (Wildman–Crippen LogP) is 3.47. The van der Waals surface area contributed by atoms with E-state index in [9.17, 15) is 4.79 Å². The lowest BCUT2D eigenvalue weighted by Gasteiger charge is -2.14. The smallest absolute Gasteiger partial charge is 0.272 e. The zero-order chi connectivity index (χ0) is 14.7. The minimum Gasteiger partial charge on any atom is -0.397 e. The summed E-state index contributed by atoms with van der Waals surface area (Å²) in [4.78, 5) is 12.4. The summed E-state index contributed by atoms with van der Waals surface area (Å²) in [7, 11) is 0. The van der Waals surface area contributed by atoms with Crippen LogP contribution in [-0.4, -0.2) is 10.5 Å². The second-order valence-corrected chi connectivity index (χ2v) is 5.14. The fourth-order valence-electron chi connectivity index (χ4n) is 2.29. The Morgan fingerprint density at radius 2 is 2.05 bits per heavy atom. The van der Waals surface area contributed by atoms with E-state index >= 15 is 0 Å². The van der Waals surface area contributed by atoms with Gasteiger partial charge in [-0.1, -0.05) is 32.0 Å². The van der Waals surface area contributed by atoms with E-state index in [0.29, 0.717) is 23.8 Å². The molecule has 0 aliphatic heterocycles. The van der Waals surface area contributed by atoms with E-state index < -0.39 is 0 Å². The number of carbonyl (C=O) groups is 1. The maximum Gasteiger partial charge on any atom is 0.272 e. The molecule has 0 spiro atoms. The van der Waals surface area contributed by atoms with Crippen LogP contribution in [0.2, 0.25) is 0 Å². The van der Waals surface area contributed by atoms with Crippen molar-refractivity contribution in [3.8, 4) is 0 Å². The normalized spacial score (nSPS) is 10.8. The second kappa shape index (κ2) is 5.82. The van der Waals surface area contributed by atoms with E-state index in [1.807, 2.05) is 35.8 Å². The Morgan fingerprint density at radius 3 is 2.70 bits per heavy atom. The number of amides is 1. The van der Waals surface area contributed by atoms with Gasteiger partial charge in [0.25, 0.3) is 5.91 Å². The van der Waals surface area contributed by atoms with Gasteiger partial charge in [0.1, 0.15) is 5.69 Å². The molecule has 3 N–H and O–H groups in total. The Hall–Kier alpha value is -2.23. The third-order valence-electron chi connectivity index (χ3n) is 3.32. The van der Waals surface area contributed by atoms with Crippen LogP contribution in [0.25, 0.3) is 0 Å². The molecule has 0 saturated heterocycles. The maximum atomic E-state index is 12.4. The first-order chi connectivity index (χ1) is 9.52. The first-order valence-corrected chi connectivity index (χ1v) is 6.88. The van der Waals surface area contributed by atoms with Gasteiger partial charge in [-0.05, 0) is 30.5 Å². The van der Waals surface area contributed by atoms with Gasteiger partial charge in [-0.15, -0.1) is 0 Å². The largest absolute Gasteiger partial charge is 0.397 e. The number of rotatable bonds is 4. The number of benzene rings is 1. The summed E-state index contributed by atoms with van der Waals surface area (Å²) in [6.45, 7) is 6.92. The molecule has 4 heteroatoms. The van der Waals surface area contributed by atoms with Crippen LogP contribution in [0, 0.1) is 0 Å². The monoisotopic (exact) mass is 271 g/mol. The first kappa shape index (κ1) is 14.2. The summed E-state index contributed by atoms with van der Waals surface area (Å²) < 4.78 is 1.85. The van der Waals surface area contributed by atoms with Crippen molar-refractivity contribution in [1.29, 1.82) is 0 Å². The average Bonchev–Trinajstić information content (AvgIpc) is 2.80. The van der Waals surface area contributed by atoms with Crippen molar-refractivity contribution in [2.45, 2.75) is 33.2 Å². The number of aryl methyl sites for hydroxylation is 1. The lowest BCUT2D eigenvalue weighted by Crippen LogP contribution is -2.17. The van der Waals surface area contributed by atoms with Crippen molar-refractivity contribution in [2.24, 2.45) is 0 Å². The lowest BCUT2D eigenvalue weighted by atomic mass is 10.0. The molecule has 0 aliphatic rings. The molecule has 2 rings (SSSR count). The number of hydrogen-bond donors (Lipinski definition) is 2. The molecule has 0 fully saturated rings. The molecule has 1 heterocycles. The molecule has 0 aliphatic carbocycles. The number of nitrogens with two attached hydrogens (primary N) is 1. The van der Waals surface area contributed by atoms with Gasteiger partial charge >= 0.3 is 0 Å². The molecule has 1 amide bonds. The summed E-state index contributed by atoms with van der Waals surface area (Å²) in [5.74, 6) is 0.228. The van der Waals surface area contributed by atoms with Crippen LogP contribution in [0.3, 0.4) is 0 Å². The predicted molar refractivity (Wildman–Crippen MR) is 83.0 cm³/mol. The van der Waals surface area contributed by atoms with Crippen molar-refractivity contribution in [1.82, 2.24) is 4.57 Å². The fraction of sp³-hybridized carbons (Fsp3) is 0.312. The van der Waals surface area contributed by atoms with E-state index in [-0.39, 0.29) is 5.91 Å². The van der Waals surface area contributed by atoms with Gasteiger partial charge in [0.05, 0.1) is 5.69 Å². The molecule has 2 aromatic rings. The lowest BCUT2D eigenvalue weighted by molar-refractivity contribution is 0.101. The maximum absolute atomic E-state index is 12.4. The summed E-state index contributed by atoms with van der Waals surface area (Å²) in [5, 5.41) is 2.98. The quantitative estimate of drug-likeness (QED) is 0.894. The molecule has 0 radical (unpaired) electrons. The molecule has 1 aromatic heterocycles. The summed E-state index contributed by atoms with van der Waals surface area (Å²) in [6.07, 6.45) is 1.78. The Labute approximate surface area is 119 Å². The van der Waals surface area contributed by atoms with E-state index in [1.165, 1.54) is 0 Å². The van der Waals surface area contributed by atoms with Crippen molar-refractivity contribution in [3.63, 3.8) is 0 Å². The van der Waals surface area contributed by atoms with Gasteiger partial charge in [-0.3, -0.25) is 4.79 Å². The van der Waals surface area contributed by atoms with Crippen molar-refractivity contribution in [2.75, 3.05) is 11.1 Å². The average molecular weight is 271 g/mol. The zero-order valence-corrected chi connectivity index (χ0v) is 12.2. The van der Waals surface area contributed by atoms with Gasteiger partial charge < -0.3 is 15.6 Å². The molecule has 4 nitrogen and oxygen atoms in total. The molecule has 20 heavy (non-hydrogen) atoms. The first-order valence-electron chi connectivity index (χ1n) is 6.88. The van der Waals surface area contributed by atoms with Crippen LogP contribution in [0.4, 0.5) is 11.4 Å². The minimum atomic E-state index is -0.128. The number of nitrogens with one attached hydrogen (secondary N) is 1. The standard InChI is InChI=1S/C16H21N3O/c1-4-19-10-12(17)9-15(19)16(20)18-14-8-6-5-7-13(14)11(2)3/h5-11H,4,17H2,1-3H3,(H,18,20). The highest BCUT2D eigenvalue weighted by Gasteiger charge is 2.14. The molecule has 1 aromatic carbocycles. The van der Waals surface area contributed by atoms with Gasteiger partial charge in [0.2, 0.25) is 0 Å². The minimum absolute atomic E-state index is 0.128. The number of anilines is 2. The van der Waals surface area contributed by atoms with E-state index in [1.54, 1.807) is 12.3 Å². The fourth-order valence-corrected chi connectivity index (χ4v) is 2.29. The van der Waals surface area contributed by atoms with Crippen molar-refractivity contribution >= 4 is 17.3 Å². The van der Waals surface area contributed by atoms with Crippen molar-refractivity contribution in [3.05, 3.63) is 47.8 Å². The van der Waals surface area contributed by atoms with Gasteiger partial charge in [-0.2, -0.15) is 0 Å². The summed E-state index contributed by atoms with van der Waals surface area (Å²) >= 11 is 0. The van der Waals surface area contributed by atoms with E-state index in [2.05, 4.69) is 19.2 Å². The number of carbonyl (C=O) groups excluding carboxylic acids is 1. The van der Waals surface area contributed by atoms with Crippen LogP contribution in [0.15, 0.2) is 36.5 Å². The highest BCUT2D eigenvalue weighted by Crippen LogP contribution is 2.24. The zero-order valence-electron chi connectivity index (χ0n) is 12.2. The number of nitrogens with zero attached hydrogens (tertiary/aromatic N) is 1. The highest BCUT2D eigenvalue weighted by atomic mass is 16.1. The van der Waals surface area contributed by atoms with Crippen LogP contribution in [0.1, 0.15) is 42.7 Å². The van der Waals surface area contributed by atoms with Gasteiger partial charge in [0.15, 0.2) is 0 Å². The molecular weight excluding hydrogens is 250 g/mol. The SMILES string of the molecule is CCn1cc(N)cc1C(=O)Nc1ccccc1C(C)C. The molecule has 0 atom stereocenters. The van der Waals surface area contributed by atoms with Crippen LogP contribution in [-0.2, 0) is 6.54 Å². The van der Waals surface area contributed by atoms with Gasteiger partial charge in [0, 0.05) is 18.4 Å². The van der Waals surface area contributed by atoms with E-state index in [4.69, 9.17) is 5.73 Å². The number of hydrogen-bond acceptors (Lipinski definition) is 2. The number of aromatic nitrogens is 1. The second-order valence-electron chi connectivity index (χ2n) is 5.14. The van der Waals surface area contributed by atoms with Gasteiger partial charge in [-0.25, -0.2) is 0 Å². The Kier molecular flexibility index (Phi) is 4.13. The van der Waals surface area contributed by atoms with Crippen LogP contribution < -0.4 is 11.1 Å². The number of nitrogen functional groups attached to an aromatic ring is 1. The molecule has 0 unspecified atom stereocenters. The summed E-state index contributed by atoms with van der Waals surface area (Å²) in [5.41, 5.74) is 8.94. The third kappa shape index (κ3) is 2.85. The topological polar surface area (TPSA) is 60.0 Å². The Morgan fingerprint density at radius 1 is 1.35 bits per heavy atom. The van der Waals surface area contributed by atoms with Crippen LogP contribution >= 0.6 is 0 Å². The number of para-hydroxylation sites is 1. The molecular formula is C16H21N3O. The third-order valence-corrected chi connectivity index (χ3v) is 3.32. The molecule has 0 bridgehead atoms. The summed E-state index contributed by atoms with van der Waals surface area (Å²) in [6, 6.07) is 9.58. The molecule has 106 valence electrons. The Balaban J connectivity index is 2.28. The highest BCUT2D eigenvalue weighted by molar-refractivity contribution is 6.04. The Bertz CT molecular complexity index is 614. The van der Waals surface area contributed by atoms with E-state index in [0.717, 1.165) is 11.3 Å².